The van der Waals surface area contributed by atoms with Gasteiger partial charge in [-0.05, 0) is 35.9 Å². The van der Waals surface area contributed by atoms with Crippen molar-refractivity contribution in [3.63, 3.8) is 0 Å². The van der Waals surface area contributed by atoms with Crippen LogP contribution in [0, 0.1) is 0 Å². The van der Waals surface area contributed by atoms with Crippen molar-refractivity contribution in [2.75, 3.05) is 5.32 Å². The number of hydrogen-bond donors (Lipinski definition) is 1. The maximum Gasteiger partial charge on any atom is 0.258 e. The Labute approximate surface area is 154 Å². The van der Waals surface area contributed by atoms with E-state index in [1.165, 1.54) is 6.07 Å². The summed E-state index contributed by atoms with van der Waals surface area (Å²) in [7, 11) is 0. The fraction of sp³-hybridized carbons (Fsp3) is 0.0588. The smallest absolute Gasteiger partial charge is 0.258 e. The molecule has 4 nitrogen and oxygen atoms in total. The number of anilines is 1. The molecule has 0 spiro atoms. The Hall–Kier alpha value is -2.01. The highest BCUT2D eigenvalue weighted by atomic mass is 35.5. The van der Waals surface area contributed by atoms with Crippen LogP contribution in [0.25, 0.3) is 0 Å². The van der Waals surface area contributed by atoms with Gasteiger partial charge < -0.3 is 5.32 Å². The van der Waals surface area contributed by atoms with Gasteiger partial charge in [-0.2, -0.15) is 5.10 Å². The highest BCUT2D eigenvalue weighted by Gasteiger charge is 2.12. The van der Waals surface area contributed by atoms with Crippen LogP contribution in [0.3, 0.4) is 0 Å². The van der Waals surface area contributed by atoms with E-state index in [1.54, 1.807) is 29.1 Å². The van der Waals surface area contributed by atoms with Crippen molar-refractivity contribution in [1.29, 1.82) is 0 Å². The first-order chi connectivity index (χ1) is 11.5. The maximum atomic E-state index is 12.3. The van der Waals surface area contributed by atoms with E-state index < -0.39 is 0 Å². The minimum absolute atomic E-state index is 0.290. The predicted octanol–water partition coefficient (Wildman–Crippen LogP) is 5.14. The molecule has 0 saturated heterocycles. The molecule has 122 valence electrons. The topological polar surface area (TPSA) is 46.9 Å². The Morgan fingerprint density at radius 2 is 1.83 bits per heavy atom. The molecule has 0 aliphatic heterocycles. The van der Waals surface area contributed by atoms with Gasteiger partial charge in [0.1, 0.15) is 0 Å². The Morgan fingerprint density at radius 3 is 2.58 bits per heavy atom. The van der Waals surface area contributed by atoms with Crippen molar-refractivity contribution in [2.24, 2.45) is 0 Å². The van der Waals surface area contributed by atoms with E-state index in [1.807, 2.05) is 24.3 Å². The normalized spacial score (nSPS) is 10.6. The van der Waals surface area contributed by atoms with Gasteiger partial charge in [-0.1, -0.05) is 46.9 Å². The molecule has 0 saturated carbocycles. The lowest BCUT2D eigenvalue weighted by Gasteiger charge is -2.05. The molecule has 3 rings (SSSR count). The lowest BCUT2D eigenvalue weighted by molar-refractivity contribution is 0.102. The van der Waals surface area contributed by atoms with E-state index in [0.717, 1.165) is 5.56 Å². The van der Waals surface area contributed by atoms with E-state index in [0.29, 0.717) is 33.0 Å². The summed E-state index contributed by atoms with van der Waals surface area (Å²) in [6, 6.07) is 13.9. The molecule has 2 aromatic carbocycles. The molecular formula is C17H12Cl3N3O. The Balaban J connectivity index is 1.70. The van der Waals surface area contributed by atoms with Gasteiger partial charge in [-0.25, -0.2) is 0 Å². The van der Waals surface area contributed by atoms with Gasteiger partial charge in [0.15, 0.2) is 5.82 Å². The van der Waals surface area contributed by atoms with E-state index in [2.05, 4.69) is 10.4 Å². The number of nitrogens with zero attached hydrogens (tertiary/aromatic N) is 2. The minimum Gasteiger partial charge on any atom is -0.305 e. The quantitative estimate of drug-likeness (QED) is 0.681. The van der Waals surface area contributed by atoms with Gasteiger partial charge in [-0.15, -0.1) is 0 Å². The van der Waals surface area contributed by atoms with Crippen molar-refractivity contribution in [1.82, 2.24) is 9.78 Å². The van der Waals surface area contributed by atoms with Crippen LogP contribution >= 0.6 is 34.8 Å². The van der Waals surface area contributed by atoms with Crippen molar-refractivity contribution in [3.8, 4) is 0 Å². The summed E-state index contributed by atoms with van der Waals surface area (Å²) in [6.07, 6.45) is 1.78. The maximum absolute atomic E-state index is 12.3. The number of amides is 1. The zero-order valence-electron chi connectivity index (χ0n) is 12.3. The molecule has 1 heterocycles. The van der Waals surface area contributed by atoms with E-state index in [9.17, 15) is 4.79 Å². The second-order valence-corrected chi connectivity index (χ2v) is 6.39. The summed E-state index contributed by atoms with van der Waals surface area (Å²) in [6.45, 7) is 0.554. The zero-order chi connectivity index (χ0) is 17.1. The van der Waals surface area contributed by atoms with E-state index >= 15 is 0 Å². The van der Waals surface area contributed by atoms with Crippen LogP contribution in [0.15, 0.2) is 54.7 Å². The first-order valence-corrected chi connectivity index (χ1v) is 8.19. The number of carbonyl (C=O) groups excluding carboxylic acids is 1. The van der Waals surface area contributed by atoms with Crippen LogP contribution < -0.4 is 5.32 Å². The first-order valence-electron chi connectivity index (χ1n) is 7.05. The number of carbonyl (C=O) groups is 1. The van der Waals surface area contributed by atoms with Gasteiger partial charge in [0, 0.05) is 22.3 Å². The number of hydrogen-bond acceptors (Lipinski definition) is 2. The SMILES string of the molecule is O=C(Nc1ccn(Cc2cccc(Cl)c2)n1)c1ccc(Cl)cc1Cl. The number of rotatable bonds is 4. The van der Waals surface area contributed by atoms with Crippen molar-refractivity contribution < 1.29 is 4.79 Å². The molecule has 7 heteroatoms. The fourth-order valence-electron chi connectivity index (χ4n) is 2.20. The van der Waals surface area contributed by atoms with Crippen LogP contribution in [-0.4, -0.2) is 15.7 Å². The average Bonchev–Trinajstić information content (AvgIpc) is 2.94. The molecule has 0 unspecified atom stereocenters. The molecule has 0 aliphatic carbocycles. The molecule has 1 amide bonds. The van der Waals surface area contributed by atoms with E-state index in [4.69, 9.17) is 34.8 Å². The Bertz CT molecular complexity index is 892. The molecule has 0 atom stereocenters. The van der Waals surface area contributed by atoms with Crippen LogP contribution in [0.4, 0.5) is 5.82 Å². The zero-order valence-corrected chi connectivity index (χ0v) is 14.6. The van der Waals surface area contributed by atoms with Gasteiger partial charge >= 0.3 is 0 Å². The van der Waals surface area contributed by atoms with Crippen molar-refractivity contribution in [2.45, 2.75) is 6.54 Å². The summed E-state index contributed by atoms with van der Waals surface area (Å²) in [5.74, 6) is 0.0951. The summed E-state index contributed by atoms with van der Waals surface area (Å²) >= 11 is 17.8. The van der Waals surface area contributed by atoms with Crippen LogP contribution in [-0.2, 0) is 6.54 Å². The average molecular weight is 381 g/mol. The molecular weight excluding hydrogens is 369 g/mol. The van der Waals surface area contributed by atoms with Crippen molar-refractivity contribution in [3.05, 3.63) is 80.9 Å². The summed E-state index contributed by atoms with van der Waals surface area (Å²) < 4.78 is 1.71. The highest BCUT2D eigenvalue weighted by molar-refractivity contribution is 6.37. The second kappa shape index (κ2) is 7.26. The predicted molar refractivity (Wildman–Crippen MR) is 97.2 cm³/mol. The Kier molecular flexibility index (Phi) is 5.09. The van der Waals surface area contributed by atoms with Gasteiger partial charge in [0.05, 0.1) is 17.1 Å². The number of nitrogens with one attached hydrogen (secondary N) is 1. The molecule has 0 fully saturated rings. The van der Waals surface area contributed by atoms with Gasteiger partial charge in [0.25, 0.3) is 5.91 Å². The molecule has 0 bridgehead atoms. The molecule has 3 aromatic rings. The summed E-state index contributed by atoms with van der Waals surface area (Å²) in [4.78, 5) is 12.3. The number of benzene rings is 2. The van der Waals surface area contributed by atoms with Gasteiger partial charge in [0.2, 0.25) is 0 Å². The third-order valence-electron chi connectivity index (χ3n) is 3.29. The monoisotopic (exact) mass is 379 g/mol. The molecule has 24 heavy (non-hydrogen) atoms. The summed E-state index contributed by atoms with van der Waals surface area (Å²) in [5, 5.41) is 8.47. The highest BCUT2D eigenvalue weighted by Crippen LogP contribution is 2.22. The number of aromatic nitrogens is 2. The van der Waals surface area contributed by atoms with Gasteiger partial charge in [-0.3, -0.25) is 9.48 Å². The van der Waals surface area contributed by atoms with Crippen LogP contribution in [0.5, 0.6) is 0 Å². The van der Waals surface area contributed by atoms with Crippen LogP contribution in [0.2, 0.25) is 15.1 Å². The largest absolute Gasteiger partial charge is 0.305 e. The van der Waals surface area contributed by atoms with E-state index in [-0.39, 0.29) is 5.91 Å². The molecule has 1 N–H and O–H groups in total. The minimum atomic E-state index is -0.343. The lowest BCUT2D eigenvalue weighted by Crippen LogP contribution is -2.13. The third kappa shape index (κ3) is 4.09. The lowest BCUT2D eigenvalue weighted by atomic mass is 10.2. The number of halogens is 3. The van der Waals surface area contributed by atoms with Crippen molar-refractivity contribution >= 4 is 46.5 Å². The molecule has 1 aromatic heterocycles. The first kappa shape index (κ1) is 16.8. The fourth-order valence-corrected chi connectivity index (χ4v) is 2.90. The van der Waals surface area contributed by atoms with Crippen LogP contribution in [0.1, 0.15) is 15.9 Å². The standard InChI is InChI=1S/C17H12Cl3N3O/c18-12-3-1-2-11(8-12)10-23-7-6-16(22-23)21-17(24)14-5-4-13(19)9-15(14)20/h1-9H,10H2,(H,21,22,24). The summed E-state index contributed by atoms with van der Waals surface area (Å²) in [5.41, 5.74) is 1.36. The Morgan fingerprint density at radius 1 is 1.04 bits per heavy atom. The third-order valence-corrected chi connectivity index (χ3v) is 4.07. The molecule has 0 aliphatic rings. The molecule has 0 radical (unpaired) electrons. The second-order valence-electron chi connectivity index (χ2n) is 5.11.